The van der Waals surface area contributed by atoms with E-state index in [-0.39, 0.29) is 5.91 Å². The predicted molar refractivity (Wildman–Crippen MR) is 62.5 cm³/mol. The molecule has 1 amide bonds. The fourth-order valence-electron chi connectivity index (χ4n) is 1.33. The van der Waals surface area contributed by atoms with Crippen molar-refractivity contribution in [2.75, 3.05) is 12.8 Å². The number of anilines is 1. The average molecular weight is 222 g/mol. The second-order valence-electron chi connectivity index (χ2n) is 3.85. The smallest absolute Gasteiger partial charge is 0.219 e. The molecule has 5 heteroatoms. The van der Waals surface area contributed by atoms with Gasteiger partial charge in [-0.2, -0.15) is 0 Å². The minimum atomic E-state index is 0.194. The van der Waals surface area contributed by atoms with Gasteiger partial charge in [0.25, 0.3) is 0 Å². The summed E-state index contributed by atoms with van der Waals surface area (Å²) >= 11 is 0. The zero-order valence-corrected chi connectivity index (χ0v) is 9.76. The highest BCUT2D eigenvalue weighted by molar-refractivity contribution is 5.73. The summed E-state index contributed by atoms with van der Waals surface area (Å²) in [6.45, 7) is 1.62. The van der Waals surface area contributed by atoms with Crippen molar-refractivity contribution in [2.24, 2.45) is 0 Å². The molecule has 1 heterocycles. The molecule has 0 aromatic carbocycles. The van der Waals surface area contributed by atoms with Crippen LogP contribution in [0.2, 0.25) is 0 Å². The molecule has 5 nitrogen and oxygen atoms in total. The summed E-state index contributed by atoms with van der Waals surface area (Å²) in [7, 11) is 1.88. The summed E-state index contributed by atoms with van der Waals surface area (Å²) in [5, 5.41) is 0. The first-order valence-corrected chi connectivity index (χ1v) is 5.36. The molecule has 1 fully saturated rings. The predicted octanol–water partition coefficient (Wildman–Crippen LogP) is 1.08. The highest BCUT2D eigenvalue weighted by Gasteiger charge is 2.22. The Morgan fingerprint density at radius 2 is 2.25 bits per heavy atom. The SMILES string of the molecule is CC(=O)N(C)C1CCC1.Nc1ccncn1. The van der Waals surface area contributed by atoms with Crippen LogP contribution in [0, 0.1) is 0 Å². The van der Waals surface area contributed by atoms with Gasteiger partial charge < -0.3 is 10.6 Å². The normalized spacial score (nSPS) is 14.4. The summed E-state index contributed by atoms with van der Waals surface area (Å²) in [6, 6.07) is 2.20. The van der Waals surface area contributed by atoms with Gasteiger partial charge in [0.15, 0.2) is 0 Å². The lowest BCUT2D eigenvalue weighted by molar-refractivity contribution is -0.131. The first-order chi connectivity index (χ1) is 7.61. The molecule has 1 aromatic rings. The van der Waals surface area contributed by atoms with Crippen molar-refractivity contribution < 1.29 is 4.79 Å². The summed E-state index contributed by atoms with van der Waals surface area (Å²) in [5.41, 5.74) is 5.21. The van der Waals surface area contributed by atoms with Gasteiger partial charge in [-0.15, -0.1) is 0 Å². The minimum Gasteiger partial charge on any atom is -0.384 e. The maximum atomic E-state index is 10.7. The van der Waals surface area contributed by atoms with Crippen LogP contribution >= 0.6 is 0 Å². The summed E-state index contributed by atoms with van der Waals surface area (Å²) in [4.78, 5) is 19.8. The molecule has 1 aliphatic carbocycles. The van der Waals surface area contributed by atoms with Crippen LogP contribution in [-0.4, -0.2) is 33.9 Å². The van der Waals surface area contributed by atoms with E-state index in [4.69, 9.17) is 5.73 Å². The maximum Gasteiger partial charge on any atom is 0.219 e. The van der Waals surface area contributed by atoms with E-state index in [1.54, 1.807) is 19.2 Å². The van der Waals surface area contributed by atoms with Crippen LogP contribution in [0.4, 0.5) is 5.82 Å². The van der Waals surface area contributed by atoms with Gasteiger partial charge in [-0.3, -0.25) is 4.79 Å². The molecule has 2 rings (SSSR count). The van der Waals surface area contributed by atoms with Gasteiger partial charge in [-0.25, -0.2) is 9.97 Å². The van der Waals surface area contributed by atoms with Gasteiger partial charge in [0, 0.05) is 26.2 Å². The van der Waals surface area contributed by atoms with Crippen LogP contribution < -0.4 is 5.73 Å². The van der Waals surface area contributed by atoms with Gasteiger partial charge in [0.2, 0.25) is 5.91 Å². The van der Waals surface area contributed by atoms with Crippen LogP contribution in [0.25, 0.3) is 0 Å². The highest BCUT2D eigenvalue weighted by Crippen LogP contribution is 2.23. The Bertz CT molecular complexity index is 324. The Morgan fingerprint density at radius 1 is 1.56 bits per heavy atom. The third-order valence-electron chi connectivity index (χ3n) is 2.72. The summed E-state index contributed by atoms with van der Waals surface area (Å²) < 4.78 is 0. The van der Waals surface area contributed by atoms with Crippen molar-refractivity contribution in [3.63, 3.8) is 0 Å². The zero-order valence-electron chi connectivity index (χ0n) is 9.76. The molecule has 0 spiro atoms. The number of amides is 1. The molecule has 0 aliphatic heterocycles. The van der Waals surface area contributed by atoms with Crippen LogP contribution in [0.1, 0.15) is 26.2 Å². The molecule has 0 saturated heterocycles. The monoisotopic (exact) mass is 222 g/mol. The summed E-state index contributed by atoms with van der Waals surface area (Å²) in [5.74, 6) is 0.703. The fraction of sp³-hybridized carbons (Fsp3) is 0.545. The Labute approximate surface area is 95.7 Å². The van der Waals surface area contributed by atoms with E-state index in [1.807, 2.05) is 11.9 Å². The second-order valence-corrected chi connectivity index (χ2v) is 3.85. The van der Waals surface area contributed by atoms with Gasteiger partial charge in [0.1, 0.15) is 12.1 Å². The van der Waals surface area contributed by atoms with Gasteiger partial charge in [0.05, 0.1) is 0 Å². The molecular weight excluding hydrogens is 204 g/mol. The molecule has 0 unspecified atom stereocenters. The Kier molecular flexibility index (Phi) is 4.69. The van der Waals surface area contributed by atoms with Crippen LogP contribution in [0.3, 0.4) is 0 Å². The molecule has 1 aromatic heterocycles. The second kappa shape index (κ2) is 6.05. The van der Waals surface area contributed by atoms with E-state index in [9.17, 15) is 4.79 Å². The van der Waals surface area contributed by atoms with Gasteiger partial charge >= 0.3 is 0 Å². The van der Waals surface area contributed by atoms with Crippen LogP contribution in [0.15, 0.2) is 18.6 Å². The topological polar surface area (TPSA) is 72.1 Å². The number of nitrogens with two attached hydrogens (primary N) is 1. The number of rotatable bonds is 1. The number of hydrogen-bond acceptors (Lipinski definition) is 4. The van der Waals surface area contributed by atoms with E-state index in [1.165, 1.54) is 25.6 Å². The summed E-state index contributed by atoms with van der Waals surface area (Å²) in [6.07, 6.45) is 6.71. The molecule has 16 heavy (non-hydrogen) atoms. The maximum absolute atomic E-state index is 10.7. The third kappa shape index (κ3) is 3.84. The Morgan fingerprint density at radius 3 is 2.44 bits per heavy atom. The van der Waals surface area contributed by atoms with Crippen LogP contribution in [-0.2, 0) is 4.79 Å². The van der Waals surface area contributed by atoms with Gasteiger partial charge in [-0.05, 0) is 25.3 Å². The molecule has 2 N–H and O–H groups in total. The minimum absolute atomic E-state index is 0.194. The number of carbonyl (C=O) groups is 1. The standard InChI is InChI=1S/C7H13NO.C4H5N3/c1-6(9)8(2)7-4-3-5-7;5-4-1-2-6-3-7-4/h7H,3-5H2,1-2H3;1-3H,(H2,5,6,7). The average Bonchev–Trinajstić information content (AvgIpc) is 2.17. The molecule has 0 atom stereocenters. The number of hydrogen-bond donors (Lipinski definition) is 1. The van der Waals surface area contributed by atoms with E-state index in [0.29, 0.717) is 11.9 Å². The van der Waals surface area contributed by atoms with Gasteiger partial charge in [-0.1, -0.05) is 0 Å². The molecule has 0 bridgehead atoms. The first-order valence-electron chi connectivity index (χ1n) is 5.36. The van der Waals surface area contributed by atoms with Crippen molar-refractivity contribution >= 4 is 11.7 Å². The number of nitrogens with zero attached hydrogens (tertiary/aromatic N) is 3. The number of aromatic nitrogens is 2. The van der Waals surface area contributed by atoms with E-state index < -0.39 is 0 Å². The number of carbonyl (C=O) groups excluding carboxylic acids is 1. The lowest BCUT2D eigenvalue weighted by Crippen LogP contribution is -2.39. The molecule has 0 radical (unpaired) electrons. The quantitative estimate of drug-likeness (QED) is 0.771. The zero-order chi connectivity index (χ0) is 12.0. The highest BCUT2D eigenvalue weighted by atomic mass is 16.2. The molecule has 88 valence electrons. The first kappa shape index (κ1) is 12.4. The molecular formula is C11H18N4O. The number of nitrogen functional groups attached to an aromatic ring is 1. The lowest BCUT2D eigenvalue weighted by Gasteiger charge is -2.33. The van der Waals surface area contributed by atoms with E-state index in [0.717, 1.165) is 0 Å². The van der Waals surface area contributed by atoms with Crippen molar-refractivity contribution in [1.82, 2.24) is 14.9 Å². The van der Waals surface area contributed by atoms with E-state index >= 15 is 0 Å². The van der Waals surface area contributed by atoms with E-state index in [2.05, 4.69) is 9.97 Å². The largest absolute Gasteiger partial charge is 0.384 e. The Balaban J connectivity index is 0.000000165. The fourth-order valence-corrected chi connectivity index (χ4v) is 1.33. The van der Waals surface area contributed by atoms with Crippen molar-refractivity contribution in [2.45, 2.75) is 32.2 Å². The molecule has 1 saturated carbocycles. The van der Waals surface area contributed by atoms with Crippen molar-refractivity contribution in [3.8, 4) is 0 Å². The Hall–Kier alpha value is -1.65. The molecule has 1 aliphatic rings. The third-order valence-corrected chi connectivity index (χ3v) is 2.72. The van der Waals surface area contributed by atoms with Crippen molar-refractivity contribution in [1.29, 1.82) is 0 Å². The lowest BCUT2D eigenvalue weighted by atomic mass is 9.92. The van der Waals surface area contributed by atoms with Crippen LogP contribution in [0.5, 0.6) is 0 Å². The van der Waals surface area contributed by atoms with Crippen molar-refractivity contribution in [3.05, 3.63) is 18.6 Å².